The number of nitrogens with zero attached hydrogens (tertiary/aromatic N) is 3. The van der Waals surface area contributed by atoms with Crippen molar-refractivity contribution in [3.8, 4) is 0 Å². The Bertz CT molecular complexity index is 931. The molecular formula is C22H29N3O4S2. The number of pyridine rings is 1. The predicted octanol–water partition coefficient (Wildman–Crippen LogP) is 3.02. The van der Waals surface area contributed by atoms with Gasteiger partial charge in [0.2, 0.25) is 15.9 Å². The maximum Gasteiger partial charge on any atom is 0.244 e. The third-order valence-electron chi connectivity index (χ3n) is 5.14. The van der Waals surface area contributed by atoms with Crippen LogP contribution in [0.5, 0.6) is 0 Å². The molecule has 2 aromatic rings. The van der Waals surface area contributed by atoms with Crippen LogP contribution in [0.15, 0.2) is 58.6 Å². The first-order chi connectivity index (χ1) is 15.0. The number of rotatable bonds is 10. The van der Waals surface area contributed by atoms with Crippen molar-refractivity contribution in [2.45, 2.75) is 35.7 Å². The highest BCUT2D eigenvalue weighted by Gasteiger charge is 2.26. The van der Waals surface area contributed by atoms with Gasteiger partial charge in [-0.2, -0.15) is 4.31 Å². The van der Waals surface area contributed by atoms with E-state index in [9.17, 15) is 13.2 Å². The zero-order valence-electron chi connectivity index (χ0n) is 17.8. The lowest BCUT2D eigenvalue weighted by Crippen LogP contribution is -2.35. The van der Waals surface area contributed by atoms with Crippen LogP contribution in [0.1, 0.15) is 24.8 Å². The Morgan fingerprint density at radius 2 is 1.87 bits per heavy atom. The number of ether oxygens (including phenoxy) is 1. The number of piperidine rings is 1. The highest BCUT2D eigenvalue weighted by atomic mass is 32.2. The van der Waals surface area contributed by atoms with Gasteiger partial charge in [-0.05, 0) is 30.5 Å². The fourth-order valence-corrected chi connectivity index (χ4v) is 5.59. The van der Waals surface area contributed by atoms with Gasteiger partial charge in [0, 0.05) is 39.5 Å². The fourth-order valence-electron chi connectivity index (χ4n) is 3.38. The second-order valence-corrected chi connectivity index (χ2v) is 10.3. The van der Waals surface area contributed by atoms with Gasteiger partial charge in [0.25, 0.3) is 0 Å². The minimum atomic E-state index is -3.50. The summed E-state index contributed by atoms with van der Waals surface area (Å²) in [6, 6.07) is 13.1. The minimum Gasteiger partial charge on any atom is -0.383 e. The number of hydrogen-bond donors (Lipinski definition) is 0. The van der Waals surface area contributed by atoms with Crippen LogP contribution in [-0.4, -0.2) is 67.6 Å². The lowest BCUT2D eigenvalue weighted by atomic mass is 10.2. The summed E-state index contributed by atoms with van der Waals surface area (Å²) < 4.78 is 32.1. The maximum absolute atomic E-state index is 12.8. The standard InChI is InChI=1S/C22H29N3O4S2/c1-29-15-14-24(17-19-8-4-2-5-9-19)22(26)18-30-21-11-10-20(16-23-21)31(27,28)25-12-6-3-7-13-25/h2,4-5,8-11,16H,3,6-7,12-15,17-18H2,1H3. The smallest absolute Gasteiger partial charge is 0.244 e. The predicted molar refractivity (Wildman–Crippen MR) is 121 cm³/mol. The summed E-state index contributed by atoms with van der Waals surface area (Å²) in [5.41, 5.74) is 1.06. The van der Waals surface area contributed by atoms with E-state index in [1.807, 2.05) is 30.3 Å². The van der Waals surface area contributed by atoms with Gasteiger partial charge in [0.15, 0.2) is 0 Å². The molecule has 0 unspecified atom stereocenters. The second kappa shape index (κ2) is 11.6. The van der Waals surface area contributed by atoms with Gasteiger partial charge in [-0.1, -0.05) is 48.5 Å². The molecule has 0 aliphatic carbocycles. The van der Waals surface area contributed by atoms with Crippen molar-refractivity contribution < 1.29 is 17.9 Å². The fraction of sp³-hybridized carbons (Fsp3) is 0.455. The monoisotopic (exact) mass is 463 g/mol. The van der Waals surface area contributed by atoms with E-state index in [1.165, 1.54) is 22.3 Å². The van der Waals surface area contributed by atoms with Crippen molar-refractivity contribution >= 4 is 27.7 Å². The number of hydrogen-bond acceptors (Lipinski definition) is 6. The summed E-state index contributed by atoms with van der Waals surface area (Å²) in [4.78, 5) is 19.0. The van der Waals surface area contributed by atoms with Crippen molar-refractivity contribution in [2.75, 3.05) is 39.1 Å². The minimum absolute atomic E-state index is 0.0160. The van der Waals surface area contributed by atoms with Crippen molar-refractivity contribution in [3.05, 3.63) is 54.2 Å². The van der Waals surface area contributed by atoms with Crippen molar-refractivity contribution in [1.29, 1.82) is 0 Å². The molecule has 0 atom stereocenters. The van der Waals surface area contributed by atoms with Crippen LogP contribution in [0.25, 0.3) is 0 Å². The molecule has 2 heterocycles. The van der Waals surface area contributed by atoms with Gasteiger partial charge in [0.05, 0.1) is 17.4 Å². The Morgan fingerprint density at radius 3 is 2.52 bits per heavy atom. The van der Waals surface area contributed by atoms with Crippen LogP contribution in [0, 0.1) is 0 Å². The summed E-state index contributed by atoms with van der Waals surface area (Å²) in [6.45, 7) is 2.61. The zero-order chi connectivity index (χ0) is 22.1. The Kier molecular flexibility index (Phi) is 8.89. The second-order valence-electron chi connectivity index (χ2n) is 7.38. The Hall–Kier alpha value is -1.94. The van der Waals surface area contributed by atoms with Crippen LogP contribution < -0.4 is 0 Å². The average molecular weight is 464 g/mol. The highest BCUT2D eigenvalue weighted by molar-refractivity contribution is 7.99. The van der Waals surface area contributed by atoms with Gasteiger partial charge in [-0.25, -0.2) is 13.4 Å². The normalized spacial score (nSPS) is 15.0. The molecule has 1 fully saturated rings. The SMILES string of the molecule is COCCN(Cc1ccccc1)C(=O)CSc1ccc(S(=O)(=O)N2CCCCC2)cn1. The number of amides is 1. The molecular weight excluding hydrogens is 434 g/mol. The molecule has 0 radical (unpaired) electrons. The lowest BCUT2D eigenvalue weighted by Gasteiger charge is -2.25. The van der Waals surface area contributed by atoms with E-state index in [0.717, 1.165) is 24.8 Å². The molecule has 1 aliphatic rings. The maximum atomic E-state index is 12.8. The molecule has 168 valence electrons. The largest absolute Gasteiger partial charge is 0.383 e. The summed E-state index contributed by atoms with van der Waals surface area (Å²) >= 11 is 1.30. The first kappa shape index (κ1) is 23.7. The molecule has 1 aliphatic heterocycles. The Labute approximate surface area is 188 Å². The van der Waals surface area contributed by atoms with Crippen LogP contribution in [0.2, 0.25) is 0 Å². The summed E-state index contributed by atoms with van der Waals surface area (Å²) in [7, 11) is -1.88. The van der Waals surface area contributed by atoms with E-state index in [0.29, 0.717) is 37.8 Å². The third kappa shape index (κ3) is 6.77. The zero-order valence-corrected chi connectivity index (χ0v) is 19.4. The van der Waals surface area contributed by atoms with Gasteiger partial charge < -0.3 is 9.64 Å². The van der Waals surface area contributed by atoms with E-state index in [1.54, 1.807) is 24.1 Å². The molecule has 0 bridgehead atoms. The molecule has 3 rings (SSSR count). The number of aromatic nitrogens is 1. The highest BCUT2D eigenvalue weighted by Crippen LogP contribution is 2.22. The van der Waals surface area contributed by atoms with E-state index in [-0.39, 0.29) is 16.6 Å². The topological polar surface area (TPSA) is 79.8 Å². The molecule has 0 spiro atoms. The first-order valence-corrected chi connectivity index (χ1v) is 12.8. The lowest BCUT2D eigenvalue weighted by molar-refractivity contribution is -0.129. The van der Waals surface area contributed by atoms with E-state index < -0.39 is 10.0 Å². The number of benzene rings is 1. The molecule has 1 aromatic heterocycles. The number of sulfonamides is 1. The van der Waals surface area contributed by atoms with E-state index >= 15 is 0 Å². The summed E-state index contributed by atoms with van der Waals surface area (Å²) in [6.07, 6.45) is 4.25. The van der Waals surface area contributed by atoms with Crippen molar-refractivity contribution in [1.82, 2.24) is 14.2 Å². The summed E-state index contributed by atoms with van der Waals surface area (Å²) in [5.74, 6) is 0.208. The number of methoxy groups -OCH3 is 1. The Balaban J connectivity index is 1.59. The molecule has 0 saturated carbocycles. The van der Waals surface area contributed by atoms with Gasteiger partial charge in [0.1, 0.15) is 4.90 Å². The number of thioether (sulfide) groups is 1. The third-order valence-corrected chi connectivity index (χ3v) is 7.95. The molecule has 7 nitrogen and oxygen atoms in total. The number of carbonyl (C=O) groups excluding carboxylic acids is 1. The van der Waals surface area contributed by atoms with E-state index in [4.69, 9.17) is 4.74 Å². The van der Waals surface area contributed by atoms with Crippen molar-refractivity contribution in [2.24, 2.45) is 0 Å². The average Bonchev–Trinajstić information content (AvgIpc) is 2.81. The van der Waals surface area contributed by atoms with Crippen LogP contribution in [0.3, 0.4) is 0 Å². The number of carbonyl (C=O) groups is 1. The Morgan fingerprint density at radius 1 is 1.13 bits per heavy atom. The molecule has 1 aromatic carbocycles. The van der Waals surface area contributed by atoms with Gasteiger partial charge in [-0.3, -0.25) is 4.79 Å². The van der Waals surface area contributed by atoms with Crippen LogP contribution >= 0.6 is 11.8 Å². The quantitative estimate of drug-likeness (QED) is 0.504. The van der Waals surface area contributed by atoms with Crippen molar-refractivity contribution in [3.63, 3.8) is 0 Å². The molecule has 31 heavy (non-hydrogen) atoms. The van der Waals surface area contributed by atoms with Crippen LogP contribution in [0.4, 0.5) is 0 Å². The van der Waals surface area contributed by atoms with Gasteiger partial charge >= 0.3 is 0 Å². The molecule has 1 saturated heterocycles. The molecule has 9 heteroatoms. The van der Waals surface area contributed by atoms with Crippen LogP contribution in [-0.2, 0) is 26.1 Å². The van der Waals surface area contributed by atoms with Gasteiger partial charge in [-0.15, -0.1) is 0 Å². The summed E-state index contributed by atoms with van der Waals surface area (Å²) in [5, 5.41) is 0.623. The first-order valence-electron chi connectivity index (χ1n) is 10.4. The van der Waals surface area contributed by atoms with E-state index in [2.05, 4.69) is 4.98 Å². The molecule has 1 amide bonds. The molecule has 0 N–H and O–H groups in total.